The van der Waals surface area contributed by atoms with Crippen LogP contribution in [0, 0.1) is 6.92 Å². The van der Waals surface area contributed by atoms with Gasteiger partial charge >= 0.3 is 0 Å². The molecule has 3 rings (SSSR count). The Labute approximate surface area is 141 Å². The highest BCUT2D eigenvalue weighted by Crippen LogP contribution is 2.31. The molecule has 1 fully saturated rings. The average molecular weight is 337 g/mol. The number of phenols is 1. The van der Waals surface area contributed by atoms with E-state index < -0.39 is 5.54 Å². The molecule has 1 amide bonds. The SMILES string of the molecule is Cc1ccc(O)c(NC(=O)C2(n3cccn3)CCNCC2)c1.Cl. The molecule has 3 N–H and O–H groups in total. The van der Waals surface area contributed by atoms with Crippen LogP contribution in [0.25, 0.3) is 0 Å². The van der Waals surface area contributed by atoms with Crippen LogP contribution >= 0.6 is 12.4 Å². The van der Waals surface area contributed by atoms with Crippen LogP contribution < -0.4 is 10.6 Å². The van der Waals surface area contributed by atoms with Gasteiger partial charge in [0.15, 0.2) is 0 Å². The Kier molecular flexibility index (Phi) is 5.28. The summed E-state index contributed by atoms with van der Waals surface area (Å²) in [6.07, 6.45) is 4.82. The number of nitrogens with zero attached hydrogens (tertiary/aromatic N) is 2. The van der Waals surface area contributed by atoms with E-state index in [0.29, 0.717) is 18.5 Å². The molecule has 0 radical (unpaired) electrons. The molecule has 2 aromatic rings. The Bertz CT molecular complexity index is 667. The second-order valence-corrected chi connectivity index (χ2v) is 5.71. The van der Waals surface area contributed by atoms with Gasteiger partial charge in [-0.2, -0.15) is 5.10 Å². The first kappa shape index (κ1) is 17.3. The van der Waals surface area contributed by atoms with Gasteiger partial charge in [-0.15, -0.1) is 12.4 Å². The van der Waals surface area contributed by atoms with E-state index in [1.54, 1.807) is 29.1 Å². The first-order valence-corrected chi connectivity index (χ1v) is 7.44. The topological polar surface area (TPSA) is 79.2 Å². The Balaban J connectivity index is 0.00000192. The van der Waals surface area contributed by atoms with Crippen LogP contribution in [0.15, 0.2) is 36.7 Å². The maximum atomic E-state index is 12.9. The first-order chi connectivity index (χ1) is 10.6. The third-order valence-corrected chi connectivity index (χ3v) is 4.20. The molecule has 1 aromatic carbocycles. The molecule has 7 heteroatoms. The number of hydrogen-bond donors (Lipinski definition) is 3. The first-order valence-electron chi connectivity index (χ1n) is 7.44. The van der Waals surface area contributed by atoms with Crippen molar-refractivity contribution in [2.75, 3.05) is 18.4 Å². The van der Waals surface area contributed by atoms with Crippen molar-refractivity contribution in [3.8, 4) is 5.75 Å². The lowest BCUT2D eigenvalue weighted by Crippen LogP contribution is -2.52. The van der Waals surface area contributed by atoms with Crippen LogP contribution in [-0.2, 0) is 10.3 Å². The predicted octanol–water partition coefficient (Wildman–Crippen LogP) is 2.04. The van der Waals surface area contributed by atoms with Gasteiger partial charge in [-0.1, -0.05) is 6.07 Å². The van der Waals surface area contributed by atoms with Crippen molar-refractivity contribution in [3.63, 3.8) is 0 Å². The number of aromatic hydroxyl groups is 1. The molecule has 1 saturated heterocycles. The maximum absolute atomic E-state index is 12.9. The number of aryl methyl sites for hydroxylation is 1. The minimum atomic E-state index is -0.717. The van der Waals surface area contributed by atoms with Gasteiger partial charge in [-0.3, -0.25) is 9.48 Å². The number of rotatable bonds is 3. The van der Waals surface area contributed by atoms with Gasteiger partial charge in [-0.05, 0) is 56.6 Å². The van der Waals surface area contributed by atoms with Crippen molar-refractivity contribution in [1.82, 2.24) is 15.1 Å². The van der Waals surface area contributed by atoms with Crippen LogP contribution in [0.4, 0.5) is 5.69 Å². The number of aromatic nitrogens is 2. The lowest BCUT2D eigenvalue weighted by molar-refractivity contribution is -0.126. The third kappa shape index (κ3) is 3.33. The van der Waals surface area contributed by atoms with Crippen molar-refractivity contribution < 1.29 is 9.90 Å². The third-order valence-electron chi connectivity index (χ3n) is 4.20. The number of carbonyl (C=O) groups excluding carboxylic acids is 1. The quantitative estimate of drug-likeness (QED) is 0.749. The summed E-state index contributed by atoms with van der Waals surface area (Å²) in [7, 11) is 0. The zero-order valence-corrected chi connectivity index (χ0v) is 13.8. The van der Waals surface area contributed by atoms with Gasteiger partial charge in [0.1, 0.15) is 11.3 Å². The second-order valence-electron chi connectivity index (χ2n) is 5.71. The van der Waals surface area contributed by atoms with Crippen molar-refractivity contribution >= 4 is 24.0 Å². The summed E-state index contributed by atoms with van der Waals surface area (Å²) >= 11 is 0. The zero-order chi connectivity index (χ0) is 15.6. The number of amides is 1. The van der Waals surface area contributed by atoms with Gasteiger partial charge in [0.25, 0.3) is 5.91 Å². The Morgan fingerprint density at radius 3 is 2.78 bits per heavy atom. The Hall–Kier alpha value is -2.05. The molecule has 1 aromatic heterocycles. The van der Waals surface area contributed by atoms with E-state index in [-0.39, 0.29) is 24.1 Å². The number of nitrogens with one attached hydrogen (secondary N) is 2. The summed E-state index contributed by atoms with van der Waals surface area (Å²) in [5, 5.41) is 20.4. The number of carbonyl (C=O) groups is 1. The fourth-order valence-electron chi connectivity index (χ4n) is 2.91. The van der Waals surface area contributed by atoms with Crippen molar-refractivity contribution in [2.24, 2.45) is 0 Å². The number of piperidine rings is 1. The van der Waals surface area contributed by atoms with E-state index in [4.69, 9.17) is 0 Å². The van der Waals surface area contributed by atoms with Crippen LogP contribution in [0.5, 0.6) is 5.75 Å². The minimum Gasteiger partial charge on any atom is -0.506 e. The predicted molar refractivity (Wildman–Crippen MR) is 91.0 cm³/mol. The highest BCUT2D eigenvalue weighted by atomic mass is 35.5. The van der Waals surface area contributed by atoms with Crippen LogP contribution in [0.1, 0.15) is 18.4 Å². The lowest BCUT2D eigenvalue weighted by Gasteiger charge is -2.36. The Morgan fingerprint density at radius 2 is 2.13 bits per heavy atom. The highest BCUT2D eigenvalue weighted by molar-refractivity contribution is 5.98. The van der Waals surface area contributed by atoms with E-state index in [9.17, 15) is 9.90 Å². The monoisotopic (exact) mass is 336 g/mol. The molecular formula is C16H21ClN4O2. The molecule has 0 saturated carbocycles. The molecule has 0 bridgehead atoms. The van der Waals surface area contributed by atoms with Gasteiger partial charge in [0.05, 0.1) is 5.69 Å². The summed E-state index contributed by atoms with van der Waals surface area (Å²) in [4.78, 5) is 12.9. The van der Waals surface area contributed by atoms with E-state index in [1.165, 1.54) is 0 Å². The van der Waals surface area contributed by atoms with Crippen LogP contribution in [-0.4, -0.2) is 33.9 Å². The molecule has 1 aliphatic rings. The molecule has 2 heterocycles. The molecule has 23 heavy (non-hydrogen) atoms. The molecule has 6 nitrogen and oxygen atoms in total. The number of phenolic OH excluding ortho intramolecular Hbond substituents is 1. The molecule has 0 aliphatic carbocycles. The van der Waals surface area contributed by atoms with Crippen molar-refractivity contribution in [2.45, 2.75) is 25.3 Å². The largest absolute Gasteiger partial charge is 0.506 e. The number of hydrogen-bond acceptors (Lipinski definition) is 4. The lowest BCUT2D eigenvalue weighted by atomic mass is 9.87. The smallest absolute Gasteiger partial charge is 0.252 e. The molecule has 124 valence electrons. The van der Waals surface area contributed by atoms with Gasteiger partial charge < -0.3 is 15.7 Å². The number of benzene rings is 1. The summed E-state index contributed by atoms with van der Waals surface area (Å²) in [5.74, 6) is -0.0675. The molecule has 0 unspecified atom stereocenters. The van der Waals surface area contributed by atoms with Crippen LogP contribution in [0.3, 0.4) is 0 Å². The van der Waals surface area contributed by atoms with Gasteiger partial charge in [0, 0.05) is 12.4 Å². The summed E-state index contributed by atoms with van der Waals surface area (Å²) in [6, 6.07) is 6.99. The number of halogens is 1. The summed E-state index contributed by atoms with van der Waals surface area (Å²) < 4.78 is 1.73. The van der Waals surface area contributed by atoms with Gasteiger partial charge in [-0.25, -0.2) is 0 Å². The fourth-order valence-corrected chi connectivity index (χ4v) is 2.91. The second kappa shape index (κ2) is 7.02. The molecule has 0 spiro atoms. The Morgan fingerprint density at radius 1 is 1.39 bits per heavy atom. The highest BCUT2D eigenvalue weighted by Gasteiger charge is 2.42. The van der Waals surface area contributed by atoms with Crippen molar-refractivity contribution in [1.29, 1.82) is 0 Å². The molecular weight excluding hydrogens is 316 g/mol. The van der Waals surface area contributed by atoms with Crippen molar-refractivity contribution in [3.05, 3.63) is 42.2 Å². The van der Waals surface area contributed by atoms with E-state index >= 15 is 0 Å². The maximum Gasteiger partial charge on any atom is 0.252 e. The molecule has 1 aliphatic heterocycles. The molecule has 0 atom stereocenters. The summed E-state index contributed by atoms with van der Waals surface area (Å²) in [6.45, 7) is 3.43. The minimum absolute atomic E-state index is 0. The number of anilines is 1. The van der Waals surface area contributed by atoms with Crippen LogP contribution in [0.2, 0.25) is 0 Å². The van der Waals surface area contributed by atoms with Gasteiger partial charge in [0.2, 0.25) is 0 Å². The fraction of sp³-hybridized carbons (Fsp3) is 0.375. The standard InChI is InChI=1S/C16H20N4O2.ClH/c1-12-3-4-14(21)13(11-12)19-15(22)16(5-8-17-9-6-16)20-10-2-7-18-20;/h2-4,7,10-11,17,21H,5-6,8-9H2,1H3,(H,19,22);1H. The average Bonchev–Trinajstić information content (AvgIpc) is 3.06. The summed E-state index contributed by atoms with van der Waals surface area (Å²) in [5.41, 5.74) is 0.701. The van der Waals surface area contributed by atoms with E-state index in [2.05, 4.69) is 15.7 Å². The normalized spacial score (nSPS) is 16.4. The van der Waals surface area contributed by atoms with E-state index in [0.717, 1.165) is 18.7 Å². The van der Waals surface area contributed by atoms with E-state index in [1.807, 2.05) is 19.2 Å². The zero-order valence-electron chi connectivity index (χ0n) is 13.0.